The van der Waals surface area contributed by atoms with Gasteiger partial charge in [0.05, 0.1) is 0 Å². The third-order valence-corrected chi connectivity index (χ3v) is 5.09. The van der Waals surface area contributed by atoms with E-state index in [0.29, 0.717) is 50.9 Å². The maximum Gasteiger partial charge on any atom is 0.315 e. The van der Waals surface area contributed by atoms with Crippen LogP contribution in [0, 0.1) is 0 Å². The van der Waals surface area contributed by atoms with Gasteiger partial charge in [0.1, 0.15) is 5.52 Å². The summed E-state index contributed by atoms with van der Waals surface area (Å²) in [5.41, 5.74) is 1.22. The minimum atomic E-state index is -0.150. The van der Waals surface area contributed by atoms with Crippen molar-refractivity contribution in [2.75, 3.05) is 37.7 Å². The van der Waals surface area contributed by atoms with Crippen molar-refractivity contribution in [3.8, 4) is 0 Å². The number of carbonyl (C=O) groups is 1. The fourth-order valence-electron chi connectivity index (χ4n) is 3.55. The monoisotopic (exact) mass is 402 g/mol. The summed E-state index contributed by atoms with van der Waals surface area (Å²) >= 11 is 0. The Balaban J connectivity index is 1.56. The Morgan fingerprint density at radius 3 is 2.83 bits per heavy atom. The van der Waals surface area contributed by atoms with E-state index in [9.17, 15) is 9.59 Å². The molecule has 29 heavy (non-hydrogen) atoms. The van der Waals surface area contributed by atoms with Gasteiger partial charge < -0.3 is 20.3 Å². The molecular formula is C20H30N6O3. The van der Waals surface area contributed by atoms with Crippen molar-refractivity contribution in [3.05, 3.63) is 28.7 Å². The van der Waals surface area contributed by atoms with E-state index in [1.807, 2.05) is 30.9 Å². The van der Waals surface area contributed by atoms with Crippen LogP contribution >= 0.6 is 0 Å². The molecule has 2 aromatic rings. The predicted octanol–water partition coefficient (Wildman–Crippen LogP) is 1.51. The number of hydrogen-bond donors (Lipinski definition) is 2. The van der Waals surface area contributed by atoms with Crippen molar-refractivity contribution >= 4 is 23.0 Å². The van der Waals surface area contributed by atoms with Crippen molar-refractivity contribution in [2.45, 2.75) is 45.7 Å². The van der Waals surface area contributed by atoms with Crippen LogP contribution in [0.5, 0.6) is 0 Å². The van der Waals surface area contributed by atoms with Gasteiger partial charge in [-0.15, -0.1) is 0 Å². The number of aryl methyl sites for hydroxylation is 1. The number of nitrogens with one attached hydrogen (secondary N) is 2. The first kappa shape index (κ1) is 21.0. The van der Waals surface area contributed by atoms with E-state index < -0.39 is 0 Å². The van der Waals surface area contributed by atoms with Crippen LogP contribution in [0.25, 0.3) is 11.2 Å². The minimum Gasteiger partial charge on any atom is -0.382 e. The Bertz CT molecular complexity index is 876. The van der Waals surface area contributed by atoms with E-state index in [2.05, 4.69) is 20.6 Å². The Morgan fingerprint density at radius 2 is 2.10 bits per heavy atom. The first-order valence-corrected chi connectivity index (χ1v) is 10.4. The zero-order chi connectivity index (χ0) is 20.6. The third kappa shape index (κ3) is 5.23. The minimum absolute atomic E-state index is 0.0914. The molecule has 3 heterocycles. The topological polar surface area (TPSA) is 101 Å². The molecule has 1 saturated heterocycles. The first-order chi connectivity index (χ1) is 14.1. The smallest absolute Gasteiger partial charge is 0.315 e. The predicted molar refractivity (Wildman–Crippen MR) is 112 cm³/mol. The largest absolute Gasteiger partial charge is 0.382 e. The van der Waals surface area contributed by atoms with Gasteiger partial charge in [-0.1, -0.05) is 0 Å². The molecule has 0 saturated carbocycles. The number of pyridine rings is 1. The van der Waals surface area contributed by atoms with Gasteiger partial charge in [0.15, 0.2) is 11.5 Å². The summed E-state index contributed by atoms with van der Waals surface area (Å²) in [6.07, 6.45) is 4.01. The molecular weight excluding hydrogens is 372 g/mol. The number of nitrogens with zero attached hydrogens (tertiary/aromatic N) is 4. The lowest BCUT2D eigenvalue weighted by Gasteiger charge is -2.33. The summed E-state index contributed by atoms with van der Waals surface area (Å²) in [4.78, 5) is 35.8. The van der Waals surface area contributed by atoms with E-state index in [4.69, 9.17) is 4.74 Å². The SMILES string of the molecule is CCOCCCNC(=O)NC1CCN(c2nc3cccnc3n(CC)c2=O)CC1. The van der Waals surface area contributed by atoms with Crippen molar-refractivity contribution in [2.24, 2.45) is 0 Å². The highest BCUT2D eigenvalue weighted by molar-refractivity contribution is 5.74. The van der Waals surface area contributed by atoms with Crippen molar-refractivity contribution < 1.29 is 9.53 Å². The Labute approximate surface area is 170 Å². The fourth-order valence-corrected chi connectivity index (χ4v) is 3.55. The molecule has 0 bridgehead atoms. The second kappa shape index (κ2) is 10.2. The van der Waals surface area contributed by atoms with Gasteiger partial charge in [-0.05, 0) is 45.2 Å². The number of piperidine rings is 1. The maximum atomic E-state index is 12.9. The lowest BCUT2D eigenvalue weighted by atomic mass is 10.1. The van der Waals surface area contributed by atoms with E-state index in [0.717, 1.165) is 24.8 Å². The van der Waals surface area contributed by atoms with Gasteiger partial charge in [0.2, 0.25) is 0 Å². The van der Waals surface area contributed by atoms with Crippen molar-refractivity contribution in [1.82, 2.24) is 25.2 Å². The van der Waals surface area contributed by atoms with Gasteiger partial charge in [-0.2, -0.15) is 0 Å². The second-order valence-corrected chi connectivity index (χ2v) is 7.04. The van der Waals surface area contributed by atoms with Gasteiger partial charge in [0, 0.05) is 51.6 Å². The molecule has 2 amide bonds. The number of amides is 2. The number of hydrogen-bond acceptors (Lipinski definition) is 6. The van der Waals surface area contributed by atoms with E-state index in [-0.39, 0.29) is 17.6 Å². The highest BCUT2D eigenvalue weighted by atomic mass is 16.5. The van der Waals surface area contributed by atoms with Crippen LogP contribution in [0.15, 0.2) is 23.1 Å². The highest BCUT2D eigenvalue weighted by Crippen LogP contribution is 2.17. The number of aromatic nitrogens is 3. The van der Waals surface area contributed by atoms with Crippen molar-refractivity contribution in [3.63, 3.8) is 0 Å². The van der Waals surface area contributed by atoms with E-state index >= 15 is 0 Å². The van der Waals surface area contributed by atoms with Gasteiger partial charge in [-0.3, -0.25) is 9.36 Å². The summed E-state index contributed by atoms with van der Waals surface area (Å²) in [5.74, 6) is 0.464. The molecule has 1 fully saturated rings. The standard InChI is InChI=1S/C20H30N6O3/c1-3-26-17-16(7-5-10-21-17)24-18(19(26)27)25-12-8-15(9-13-25)23-20(28)22-11-6-14-29-4-2/h5,7,10,15H,3-4,6,8-9,11-14H2,1-2H3,(H2,22,23,28). The summed E-state index contributed by atoms with van der Waals surface area (Å²) < 4.78 is 6.92. The Kier molecular flexibility index (Phi) is 7.40. The number of carbonyl (C=O) groups excluding carboxylic acids is 1. The van der Waals surface area contributed by atoms with Crippen molar-refractivity contribution in [1.29, 1.82) is 0 Å². The summed E-state index contributed by atoms with van der Waals surface area (Å²) in [6, 6.07) is 3.64. The van der Waals surface area contributed by atoms with Crippen LogP contribution in [-0.4, -0.2) is 59.5 Å². The van der Waals surface area contributed by atoms with E-state index in [1.54, 1.807) is 10.8 Å². The quantitative estimate of drug-likeness (QED) is 0.649. The lowest BCUT2D eigenvalue weighted by molar-refractivity contribution is 0.145. The highest BCUT2D eigenvalue weighted by Gasteiger charge is 2.24. The number of ether oxygens (including phenoxy) is 1. The fraction of sp³-hybridized carbons (Fsp3) is 0.600. The molecule has 3 rings (SSSR count). The Hall–Kier alpha value is -2.68. The van der Waals surface area contributed by atoms with Crippen LogP contribution in [-0.2, 0) is 11.3 Å². The van der Waals surface area contributed by atoms with Crippen LogP contribution in [0.1, 0.15) is 33.1 Å². The molecule has 0 spiro atoms. The average Bonchev–Trinajstić information content (AvgIpc) is 2.74. The number of rotatable bonds is 8. The zero-order valence-electron chi connectivity index (χ0n) is 17.2. The molecule has 0 aromatic carbocycles. The average molecular weight is 402 g/mol. The molecule has 9 nitrogen and oxygen atoms in total. The van der Waals surface area contributed by atoms with Crippen LogP contribution in [0.4, 0.5) is 10.6 Å². The molecule has 2 N–H and O–H groups in total. The normalized spacial score (nSPS) is 14.9. The summed E-state index contributed by atoms with van der Waals surface area (Å²) in [5, 5.41) is 5.88. The summed E-state index contributed by atoms with van der Waals surface area (Å²) in [6.45, 7) is 7.71. The molecule has 0 radical (unpaired) electrons. The molecule has 0 atom stereocenters. The molecule has 9 heteroatoms. The summed E-state index contributed by atoms with van der Waals surface area (Å²) in [7, 11) is 0. The molecule has 158 valence electrons. The number of fused-ring (bicyclic) bond motifs is 1. The molecule has 2 aromatic heterocycles. The second-order valence-electron chi connectivity index (χ2n) is 7.04. The number of urea groups is 1. The Morgan fingerprint density at radius 1 is 1.31 bits per heavy atom. The van der Waals surface area contributed by atoms with Gasteiger partial charge in [-0.25, -0.2) is 14.8 Å². The molecule has 1 aliphatic heterocycles. The van der Waals surface area contributed by atoms with E-state index in [1.165, 1.54) is 0 Å². The first-order valence-electron chi connectivity index (χ1n) is 10.4. The molecule has 0 unspecified atom stereocenters. The molecule has 0 aliphatic carbocycles. The molecule has 1 aliphatic rings. The van der Waals surface area contributed by atoms with Crippen LogP contribution in [0.3, 0.4) is 0 Å². The third-order valence-electron chi connectivity index (χ3n) is 5.09. The number of anilines is 1. The van der Waals surface area contributed by atoms with Crippen LogP contribution < -0.4 is 21.1 Å². The lowest BCUT2D eigenvalue weighted by Crippen LogP contribution is -2.49. The van der Waals surface area contributed by atoms with Gasteiger partial charge >= 0.3 is 6.03 Å². The maximum absolute atomic E-state index is 12.9. The van der Waals surface area contributed by atoms with Gasteiger partial charge in [0.25, 0.3) is 5.56 Å². The zero-order valence-corrected chi connectivity index (χ0v) is 17.2. The van der Waals surface area contributed by atoms with Crippen LogP contribution in [0.2, 0.25) is 0 Å².